The van der Waals surface area contributed by atoms with Gasteiger partial charge in [-0.1, -0.05) is 82.3 Å². The molecule has 0 aromatic heterocycles. The Labute approximate surface area is 252 Å². The van der Waals surface area contributed by atoms with Crippen LogP contribution in [0, 0.1) is 0 Å². The topological polar surface area (TPSA) is 158 Å². The van der Waals surface area contributed by atoms with Gasteiger partial charge in [-0.15, -0.1) is 0 Å². The summed E-state index contributed by atoms with van der Waals surface area (Å²) in [5, 5.41) is 7.43. The highest BCUT2D eigenvalue weighted by molar-refractivity contribution is 8.76. The largest absolute Gasteiger partial charge is 0.465 e. The fourth-order valence-electron chi connectivity index (χ4n) is 3.14. The van der Waals surface area contributed by atoms with Gasteiger partial charge in [-0.3, -0.25) is 9.59 Å². The van der Waals surface area contributed by atoms with Crippen LogP contribution in [0.15, 0.2) is 60.7 Å². The number of amides is 3. The molecule has 0 aliphatic carbocycles. The van der Waals surface area contributed by atoms with Gasteiger partial charge in [0.2, 0.25) is 5.91 Å². The van der Waals surface area contributed by atoms with Crippen molar-refractivity contribution in [2.45, 2.75) is 39.1 Å². The van der Waals surface area contributed by atoms with E-state index in [9.17, 15) is 24.0 Å². The maximum Gasteiger partial charge on any atom is 0.408 e. The smallest absolute Gasteiger partial charge is 0.408 e. The van der Waals surface area contributed by atoms with E-state index in [1.54, 1.807) is 50.2 Å². The van der Waals surface area contributed by atoms with Crippen LogP contribution in [0.2, 0.25) is 0 Å². The molecule has 0 bridgehead atoms. The van der Waals surface area contributed by atoms with Crippen LogP contribution in [0.25, 0.3) is 0 Å². The molecule has 14 heteroatoms. The number of carbonyl (C=O) groups is 5. The first-order valence-corrected chi connectivity index (χ1v) is 15.6. The van der Waals surface area contributed by atoms with Crippen LogP contribution in [0.3, 0.4) is 0 Å². The fourth-order valence-corrected chi connectivity index (χ4v) is 5.45. The van der Waals surface area contributed by atoms with Gasteiger partial charge in [0.15, 0.2) is 0 Å². The molecule has 2 aromatic carbocycles. The van der Waals surface area contributed by atoms with Crippen molar-refractivity contribution in [1.29, 1.82) is 0 Å². The zero-order valence-electron chi connectivity index (χ0n) is 23.4. The molecule has 12 nitrogen and oxygen atoms in total. The third-order valence-corrected chi connectivity index (χ3v) is 7.58. The van der Waals surface area contributed by atoms with Gasteiger partial charge in [-0.25, -0.2) is 14.4 Å². The molecule has 0 aliphatic rings. The number of rotatable bonds is 17. The van der Waals surface area contributed by atoms with Gasteiger partial charge in [-0.2, -0.15) is 0 Å². The molecule has 228 valence electrons. The Hall–Kier alpha value is -3.91. The van der Waals surface area contributed by atoms with Crippen molar-refractivity contribution in [2.24, 2.45) is 0 Å². The lowest BCUT2D eigenvalue weighted by Gasteiger charge is -2.19. The molecule has 3 N–H and O–H groups in total. The molecular formula is C28H35N3O9S2. The highest BCUT2D eigenvalue weighted by Crippen LogP contribution is 2.23. The Morgan fingerprint density at radius 1 is 0.667 bits per heavy atom. The summed E-state index contributed by atoms with van der Waals surface area (Å²) < 4.78 is 20.3. The molecule has 0 aliphatic heterocycles. The summed E-state index contributed by atoms with van der Waals surface area (Å²) in [6.07, 6.45) is -1.62. The average molecular weight is 622 g/mol. The average Bonchev–Trinajstić information content (AvgIpc) is 3.00. The predicted molar refractivity (Wildman–Crippen MR) is 158 cm³/mol. The second-order valence-corrected chi connectivity index (χ2v) is 10.9. The quantitative estimate of drug-likeness (QED) is 0.103. The molecule has 0 saturated heterocycles. The predicted octanol–water partition coefficient (Wildman–Crippen LogP) is 3.20. The first-order chi connectivity index (χ1) is 20.3. The summed E-state index contributed by atoms with van der Waals surface area (Å²) in [5.74, 6) is -1.76. The van der Waals surface area contributed by atoms with Crippen molar-refractivity contribution in [3.8, 4) is 0 Å². The van der Waals surface area contributed by atoms with Crippen LogP contribution >= 0.6 is 21.6 Å². The van der Waals surface area contributed by atoms with Crippen LogP contribution in [0.1, 0.15) is 25.0 Å². The lowest BCUT2D eigenvalue weighted by Crippen LogP contribution is -2.49. The highest BCUT2D eigenvalue weighted by Gasteiger charge is 2.26. The molecule has 42 heavy (non-hydrogen) atoms. The van der Waals surface area contributed by atoms with E-state index in [4.69, 9.17) is 18.9 Å². The first-order valence-electron chi connectivity index (χ1n) is 13.1. The van der Waals surface area contributed by atoms with Gasteiger partial charge < -0.3 is 34.9 Å². The minimum Gasteiger partial charge on any atom is -0.465 e. The zero-order valence-corrected chi connectivity index (χ0v) is 25.0. The summed E-state index contributed by atoms with van der Waals surface area (Å²) in [7, 11) is 2.33. The minimum absolute atomic E-state index is 0.000999. The SMILES string of the molecule is CCOC(=O)CNC(=O)[C@H](CSSC[C@H](NC(=O)OCc1ccccc1)C(=O)OCC)NC(=O)OCc1ccccc1. The molecule has 0 heterocycles. The van der Waals surface area contributed by atoms with Gasteiger partial charge in [0.1, 0.15) is 31.8 Å². The van der Waals surface area contributed by atoms with Crippen molar-refractivity contribution in [1.82, 2.24) is 16.0 Å². The molecule has 3 amide bonds. The Kier molecular flexibility index (Phi) is 16.4. The van der Waals surface area contributed by atoms with E-state index in [0.717, 1.165) is 21.9 Å². The number of hydrogen-bond acceptors (Lipinski definition) is 11. The molecule has 0 fully saturated rings. The van der Waals surface area contributed by atoms with Crippen molar-refractivity contribution < 1.29 is 42.9 Å². The van der Waals surface area contributed by atoms with Gasteiger partial charge in [0.25, 0.3) is 0 Å². The summed E-state index contributed by atoms with van der Waals surface area (Å²) in [4.78, 5) is 61.6. The normalized spacial score (nSPS) is 11.8. The molecule has 0 unspecified atom stereocenters. The Balaban J connectivity index is 1.91. The van der Waals surface area contributed by atoms with E-state index >= 15 is 0 Å². The van der Waals surface area contributed by atoms with E-state index < -0.39 is 42.1 Å². The summed E-state index contributed by atoms with van der Waals surface area (Å²) in [6.45, 7) is 3.21. The van der Waals surface area contributed by atoms with Gasteiger partial charge in [0.05, 0.1) is 13.2 Å². The van der Waals surface area contributed by atoms with E-state index in [2.05, 4.69) is 16.0 Å². The van der Waals surface area contributed by atoms with Crippen LogP contribution in [-0.2, 0) is 46.5 Å². The van der Waals surface area contributed by atoms with Gasteiger partial charge in [-0.05, 0) is 25.0 Å². The molecule has 2 aromatic rings. The molecular weight excluding hydrogens is 586 g/mol. The van der Waals surface area contributed by atoms with Crippen LogP contribution < -0.4 is 16.0 Å². The van der Waals surface area contributed by atoms with Crippen molar-refractivity contribution in [3.63, 3.8) is 0 Å². The first kappa shape index (κ1) is 34.3. The van der Waals surface area contributed by atoms with Crippen LogP contribution in [0.4, 0.5) is 9.59 Å². The maximum absolute atomic E-state index is 12.8. The number of carbonyl (C=O) groups excluding carboxylic acids is 5. The van der Waals surface area contributed by atoms with E-state index in [1.165, 1.54) is 10.8 Å². The fraction of sp³-hybridized carbons (Fsp3) is 0.393. The molecule has 0 radical (unpaired) electrons. The molecule has 2 atom stereocenters. The summed E-state index contributed by atoms with van der Waals surface area (Å²) in [5.41, 5.74) is 1.55. The highest BCUT2D eigenvalue weighted by atomic mass is 33.1. The minimum atomic E-state index is -1.08. The Morgan fingerprint density at radius 2 is 1.14 bits per heavy atom. The second kappa shape index (κ2) is 20.0. The van der Waals surface area contributed by atoms with Gasteiger partial charge in [0, 0.05) is 11.5 Å². The van der Waals surface area contributed by atoms with Crippen LogP contribution in [0.5, 0.6) is 0 Å². The third kappa shape index (κ3) is 14.1. The number of ether oxygens (including phenoxy) is 4. The number of alkyl carbamates (subject to hydrolysis) is 2. The molecule has 2 rings (SSSR count). The summed E-state index contributed by atoms with van der Waals surface area (Å²) in [6, 6.07) is 16.0. The lowest BCUT2D eigenvalue weighted by molar-refractivity contribution is -0.145. The van der Waals surface area contributed by atoms with E-state index in [0.29, 0.717) is 0 Å². The maximum atomic E-state index is 12.8. The Bertz CT molecular complexity index is 1140. The molecule has 0 saturated carbocycles. The van der Waals surface area contributed by atoms with Crippen LogP contribution in [-0.4, -0.2) is 73.4 Å². The zero-order chi connectivity index (χ0) is 30.6. The van der Waals surface area contributed by atoms with Gasteiger partial charge >= 0.3 is 24.1 Å². The third-order valence-electron chi connectivity index (χ3n) is 5.16. The van der Waals surface area contributed by atoms with Crippen molar-refractivity contribution in [3.05, 3.63) is 71.8 Å². The van der Waals surface area contributed by atoms with Crippen molar-refractivity contribution in [2.75, 3.05) is 31.3 Å². The van der Waals surface area contributed by atoms with Crippen molar-refractivity contribution >= 4 is 51.6 Å². The second-order valence-electron chi connectivity index (χ2n) is 8.36. The van der Waals surface area contributed by atoms with E-state index in [-0.39, 0.29) is 44.5 Å². The Morgan fingerprint density at radius 3 is 1.64 bits per heavy atom. The lowest BCUT2D eigenvalue weighted by atomic mass is 10.2. The standard InChI is InChI=1S/C28H35N3O9S2/c1-3-37-24(32)15-29-25(33)22(30-27(35)39-16-20-11-7-5-8-12-20)18-41-42-19-23(26(34)38-4-2)31-28(36)40-17-21-13-9-6-10-14-21/h5-14,22-23H,3-4,15-19H2,1-2H3,(H,29,33)(H,30,35)(H,31,36)/t22-,23-/m0/s1. The summed E-state index contributed by atoms with van der Waals surface area (Å²) >= 11 is 0. The monoisotopic (exact) mass is 621 g/mol. The van der Waals surface area contributed by atoms with E-state index in [1.807, 2.05) is 24.3 Å². The number of hydrogen-bond donors (Lipinski definition) is 3. The number of benzene rings is 2. The number of esters is 2. The molecule has 0 spiro atoms. The number of nitrogens with one attached hydrogen (secondary N) is 3.